The van der Waals surface area contributed by atoms with Gasteiger partial charge in [-0.3, -0.25) is 9.78 Å². The summed E-state index contributed by atoms with van der Waals surface area (Å²) in [5, 5.41) is 2.69. The molecule has 0 radical (unpaired) electrons. The molecule has 0 bridgehead atoms. The van der Waals surface area contributed by atoms with Crippen molar-refractivity contribution in [3.8, 4) is 0 Å². The fourth-order valence-electron chi connectivity index (χ4n) is 3.14. The molecule has 0 unspecified atom stereocenters. The smallest absolute Gasteiger partial charge is 0.260 e. The van der Waals surface area contributed by atoms with Gasteiger partial charge in [-0.05, 0) is 55.8 Å². The highest BCUT2D eigenvalue weighted by molar-refractivity contribution is 6.32. The number of rotatable bonds is 1. The van der Waals surface area contributed by atoms with E-state index >= 15 is 0 Å². The van der Waals surface area contributed by atoms with E-state index in [4.69, 9.17) is 4.74 Å². The molecular weight excluding hydrogens is 307 g/mol. The molecule has 4 rings (SSSR count). The Hall–Kier alpha value is -2.95. The minimum atomic E-state index is -0.577. The van der Waals surface area contributed by atoms with Gasteiger partial charge in [0.2, 0.25) is 0 Å². The van der Waals surface area contributed by atoms with Gasteiger partial charge in [0.05, 0.1) is 11.3 Å². The second-order valence-corrected chi connectivity index (χ2v) is 6.29. The molecule has 0 spiro atoms. The van der Waals surface area contributed by atoms with E-state index in [1.165, 1.54) is 12.1 Å². The van der Waals surface area contributed by atoms with Gasteiger partial charge in [-0.25, -0.2) is 4.39 Å². The molecular formula is C19H15FN2O2. The van der Waals surface area contributed by atoms with E-state index in [1.54, 1.807) is 18.5 Å². The lowest BCUT2D eigenvalue weighted by atomic mass is 9.93. The number of carbonyl (C=O) groups is 1. The van der Waals surface area contributed by atoms with Gasteiger partial charge in [0, 0.05) is 23.5 Å². The molecule has 1 aromatic carbocycles. The molecule has 24 heavy (non-hydrogen) atoms. The fraction of sp³-hybridized carbons (Fsp3) is 0.158. The number of benzene rings is 1. The predicted octanol–water partition coefficient (Wildman–Crippen LogP) is 3.78. The number of amides is 1. The minimum Gasteiger partial charge on any atom is -0.482 e. The first-order valence-corrected chi connectivity index (χ1v) is 7.63. The van der Waals surface area contributed by atoms with Crippen LogP contribution >= 0.6 is 0 Å². The highest BCUT2D eigenvalue weighted by Crippen LogP contribution is 2.44. The molecule has 2 aromatic rings. The van der Waals surface area contributed by atoms with Crippen LogP contribution in [0.15, 0.2) is 54.6 Å². The molecule has 1 aromatic heterocycles. The molecule has 1 N–H and O–H groups in total. The number of ether oxygens (including phenoxy) is 1. The summed E-state index contributed by atoms with van der Waals surface area (Å²) in [6.07, 6.45) is 5.32. The second kappa shape index (κ2) is 5.03. The number of aromatic nitrogens is 1. The number of nitrogens with zero attached hydrogens (tertiary/aromatic N) is 1. The normalized spacial score (nSPS) is 21.1. The molecule has 2 aliphatic heterocycles. The Morgan fingerprint density at radius 2 is 1.92 bits per heavy atom. The van der Waals surface area contributed by atoms with Crippen molar-refractivity contribution in [3.63, 3.8) is 0 Å². The summed E-state index contributed by atoms with van der Waals surface area (Å²) >= 11 is 0. The van der Waals surface area contributed by atoms with Crippen LogP contribution in [-0.4, -0.2) is 16.5 Å². The molecule has 120 valence electrons. The molecule has 5 heteroatoms. The van der Waals surface area contributed by atoms with E-state index in [2.05, 4.69) is 10.3 Å². The fourth-order valence-corrected chi connectivity index (χ4v) is 3.14. The Kier molecular flexibility index (Phi) is 3.06. The average Bonchev–Trinajstić information content (AvgIpc) is 3.02. The van der Waals surface area contributed by atoms with Crippen molar-refractivity contribution in [1.82, 2.24) is 4.98 Å². The van der Waals surface area contributed by atoms with E-state index in [0.29, 0.717) is 22.6 Å². The Morgan fingerprint density at radius 3 is 2.67 bits per heavy atom. The van der Waals surface area contributed by atoms with Gasteiger partial charge < -0.3 is 10.1 Å². The molecule has 3 heterocycles. The van der Waals surface area contributed by atoms with Crippen LogP contribution in [0.4, 0.5) is 10.1 Å². The quantitative estimate of drug-likeness (QED) is 0.813. The van der Waals surface area contributed by atoms with Crippen molar-refractivity contribution < 1.29 is 13.9 Å². The molecule has 2 aliphatic rings. The van der Waals surface area contributed by atoms with Gasteiger partial charge in [-0.2, -0.15) is 0 Å². The molecule has 4 nitrogen and oxygen atoms in total. The third-order valence-electron chi connectivity index (χ3n) is 4.25. The Labute approximate surface area is 138 Å². The maximum atomic E-state index is 13.4. The summed E-state index contributed by atoms with van der Waals surface area (Å²) in [6, 6.07) is 8.06. The van der Waals surface area contributed by atoms with Gasteiger partial charge in [0.1, 0.15) is 17.2 Å². The van der Waals surface area contributed by atoms with E-state index in [1.807, 2.05) is 32.1 Å². The van der Waals surface area contributed by atoms with Crippen molar-refractivity contribution in [3.05, 3.63) is 71.5 Å². The number of hydrogen-bond donors (Lipinski definition) is 1. The van der Waals surface area contributed by atoms with E-state index in [9.17, 15) is 9.18 Å². The third-order valence-corrected chi connectivity index (χ3v) is 4.25. The number of carbonyl (C=O) groups excluding carboxylic acids is 1. The largest absolute Gasteiger partial charge is 0.482 e. The highest BCUT2D eigenvalue weighted by Gasteiger charge is 2.37. The lowest BCUT2D eigenvalue weighted by Crippen LogP contribution is -2.21. The maximum Gasteiger partial charge on any atom is 0.260 e. The van der Waals surface area contributed by atoms with E-state index in [-0.39, 0.29) is 11.7 Å². The highest BCUT2D eigenvalue weighted by atomic mass is 19.1. The van der Waals surface area contributed by atoms with Crippen LogP contribution in [0.3, 0.4) is 0 Å². The zero-order valence-corrected chi connectivity index (χ0v) is 13.3. The third kappa shape index (κ3) is 2.21. The van der Waals surface area contributed by atoms with E-state index < -0.39 is 5.60 Å². The molecule has 0 aliphatic carbocycles. The SMILES string of the molecule is CC1(C)O/C(=C2\C(=O)Nc3cc(F)ccc32)C=C1c1ccncc1. The first-order valence-electron chi connectivity index (χ1n) is 7.63. The van der Waals surface area contributed by atoms with Gasteiger partial charge in [0.15, 0.2) is 0 Å². The van der Waals surface area contributed by atoms with Gasteiger partial charge in [-0.1, -0.05) is 0 Å². The van der Waals surface area contributed by atoms with Crippen molar-refractivity contribution in [1.29, 1.82) is 0 Å². The summed E-state index contributed by atoms with van der Waals surface area (Å²) in [5.74, 6) is -0.177. The predicted molar refractivity (Wildman–Crippen MR) is 89.3 cm³/mol. The molecule has 0 atom stereocenters. The summed E-state index contributed by atoms with van der Waals surface area (Å²) < 4.78 is 19.5. The Bertz CT molecular complexity index is 914. The zero-order chi connectivity index (χ0) is 16.9. The topological polar surface area (TPSA) is 51.2 Å². The summed E-state index contributed by atoms with van der Waals surface area (Å²) in [5.41, 5.74) is 2.93. The van der Waals surface area contributed by atoms with Gasteiger partial charge in [0.25, 0.3) is 5.91 Å². The zero-order valence-electron chi connectivity index (χ0n) is 13.3. The summed E-state index contributed by atoms with van der Waals surface area (Å²) in [6.45, 7) is 3.90. The van der Waals surface area contributed by atoms with Crippen molar-refractivity contribution in [2.24, 2.45) is 0 Å². The van der Waals surface area contributed by atoms with E-state index in [0.717, 1.165) is 11.1 Å². The average molecular weight is 322 g/mol. The van der Waals surface area contributed by atoms with Crippen molar-refractivity contribution in [2.45, 2.75) is 19.4 Å². The molecule has 1 amide bonds. The van der Waals surface area contributed by atoms with Crippen LogP contribution in [-0.2, 0) is 9.53 Å². The number of anilines is 1. The Balaban J connectivity index is 1.88. The number of hydrogen-bond acceptors (Lipinski definition) is 3. The summed E-state index contributed by atoms with van der Waals surface area (Å²) in [7, 11) is 0. The van der Waals surface area contributed by atoms with Gasteiger partial charge >= 0.3 is 0 Å². The van der Waals surface area contributed by atoms with Crippen LogP contribution in [0.1, 0.15) is 25.0 Å². The van der Waals surface area contributed by atoms with Crippen LogP contribution in [0, 0.1) is 5.82 Å². The minimum absolute atomic E-state index is 0.284. The number of fused-ring (bicyclic) bond motifs is 1. The molecule has 0 saturated carbocycles. The number of pyridine rings is 1. The van der Waals surface area contributed by atoms with Gasteiger partial charge in [-0.15, -0.1) is 0 Å². The van der Waals surface area contributed by atoms with Crippen molar-refractivity contribution in [2.75, 3.05) is 5.32 Å². The Morgan fingerprint density at radius 1 is 1.17 bits per heavy atom. The van der Waals surface area contributed by atoms with Crippen LogP contribution in [0.2, 0.25) is 0 Å². The lowest BCUT2D eigenvalue weighted by Gasteiger charge is -2.23. The monoisotopic (exact) mass is 322 g/mol. The van der Waals surface area contributed by atoms with Crippen LogP contribution < -0.4 is 5.32 Å². The van der Waals surface area contributed by atoms with Crippen molar-refractivity contribution >= 4 is 22.7 Å². The van der Waals surface area contributed by atoms with Crippen LogP contribution in [0.5, 0.6) is 0 Å². The number of halogens is 1. The first-order chi connectivity index (χ1) is 11.5. The number of nitrogens with one attached hydrogen (secondary N) is 1. The maximum absolute atomic E-state index is 13.4. The second-order valence-electron chi connectivity index (χ2n) is 6.29. The first kappa shape index (κ1) is 14.6. The molecule has 0 fully saturated rings. The summed E-state index contributed by atoms with van der Waals surface area (Å²) in [4.78, 5) is 16.4. The molecule has 0 saturated heterocycles. The standard InChI is InChI=1S/C19H15FN2O2/c1-19(2)14(11-5-7-21-8-6-11)10-16(24-19)17-13-4-3-12(20)9-15(13)22-18(17)23/h3-10H,1-2H3,(H,22,23)/b17-16-. The lowest BCUT2D eigenvalue weighted by molar-refractivity contribution is -0.111. The van der Waals surface area contributed by atoms with Crippen LogP contribution in [0.25, 0.3) is 11.1 Å². The number of allylic oxidation sites excluding steroid dienone is 1.